The number of anilines is 1. The summed E-state index contributed by atoms with van der Waals surface area (Å²) in [5.41, 5.74) is 0. The molecule has 1 aliphatic heterocycles. The van der Waals surface area contributed by atoms with E-state index in [4.69, 9.17) is 4.52 Å². The Hall–Kier alpha value is -1.10. The van der Waals surface area contributed by atoms with Crippen LogP contribution in [0.1, 0.15) is 38.6 Å². The molecule has 2 heterocycles. The summed E-state index contributed by atoms with van der Waals surface area (Å²) < 4.78 is 5.27. The van der Waals surface area contributed by atoms with E-state index in [-0.39, 0.29) is 6.04 Å². The second-order valence-electron chi connectivity index (χ2n) is 3.75. The fourth-order valence-electron chi connectivity index (χ4n) is 1.90. The molecule has 0 spiro atoms. The molecule has 0 aliphatic carbocycles. The van der Waals surface area contributed by atoms with E-state index in [1.807, 2.05) is 0 Å². The Balaban J connectivity index is 2.08. The molecule has 0 aromatic carbocycles. The quantitative estimate of drug-likeness (QED) is 0.812. The number of hydrogen-bond donors (Lipinski definition) is 1. The van der Waals surface area contributed by atoms with Crippen molar-refractivity contribution in [3.05, 3.63) is 5.89 Å². The second kappa shape index (κ2) is 4.61. The van der Waals surface area contributed by atoms with Crippen LogP contribution in [-0.4, -0.2) is 29.8 Å². The van der Waals surface area contributed by atoms with Gasteiger partial charge in [0.25, 0.3) is 5.95 Å². The highest BCUT2D eigenvalue weighted by Crippen LogP contribution is 2.22. The van der Waals surface area contributed by atoms with Crippen molar-refractivity contribution >= 4 is 5.95 Å². The van der Waals surface area contributed by atoms with E-state index in [0.29, 0.717) is 5.95 Å². The lowest BCUT2D eigenvalue weighted by molar-refractivity contribution is 0.344. The summed E-state index contributed by atoms with van der Waals surface area (Å²) in [6.45, 7) is 7.05. The van der Waals surface area contributed by atoms with Crippen LogP contribution in [0.25, 0.3) is 0 Å². The Morgan fingerprint density at radius 2 is 2.27 bits per heavy atom. The van der Waals surface area contributed by atoms with Gasteiger partial charge in [-0.3, -0.25) is 0 Å². The van der Waals surface area contributed by atoms with Gasteiger partial charge in [0.2, 0.25) is 5.89 Å². The van der Waals surface area contributed by atoms with Crippen LogP contribution in [-0.2, 0) is 0 Å². The van der Waals surface area contributed by atoms with Crippen molar-refractivity contribution in [2.24, 2.45) is 0 Å². The van der Waals surface area contributed by atoms with Crippen LogP contribution in [0.3, 0.4) is 0 Å². The first-order chi connectivity index (χ1) is 7.35. The Morgan fingerprint density at radius 1 is 1.47 bits per heavy atom. The van der Waals surface area contributed by atoms with Crippen molar-refractivity contribution in [1.82, 2.24) is 15.5 Å². The van der Waals surface area contributed by atoms with Gasteiger partial charge in [0.15, 0.2) is 0 Å². The van der Waals surface area contributed by atoms with Gasteiger partial charge < -0.3 is 14.7 Å². The van der Waals surface area contributed by atoms with E-state index in [1.54, 1.807) is 0 Å². The van der Waals surface area contributed by atoms with Crippen molar-refractivity contribution in [1.29, 1.82) is 0 Å². The Morgan fingerprint density at radius 3 is 2.87 bits per heavy atom. The van der Waals surface area contributed by atoms with Gasteiger partial charge in [0.05, 0.1) is 6.04 Å². The van der Waals surface area contributed by atoms with Gasteiger partial charge >= 0.3 is 0 Å². The fourth-order valence-corrected chi connectivity index (χ4v) is 1.90. The van der Waals surface area contributed by atoms with Crippen LogP contribution in [0.4, 0.5) is 5.95 Å². The fraction of sp³-hybridized carbons (Fsp3) is 0.800. The maximum atomic E-state index is 5.27. The maximum absolute atomic E-state index is 5.27. The molecule has 1 aliphatic rings. The van der Waals surface area contributed by atoms with Gasteiger partial charge in [-0.15, -0.1) is 0 Å². The molecule has 1 saturated heterocycles. The largest absolute Gasteiger partial charge is 0.339 e. The molecular weight excluding hydrogens is 192 g/mol. The highest BCUT2D eigenvalue weighted by molar-refractivity contribution is 5.27. The van der Waals surface area contributed by atoms with E-state index >= 15 is 0 Å². The summed E-state index contributed by atoms with van der Waals surface area (Å²) in [5, 5.41) is 7.35. The average Bonchev–Trinajstić information content (AvgIpc) is 2.89. The number of aromatic nitrogens is 2. The molecule has 5 nitrogen and oxygen atoms in total. The molecule has 0 unspecified atom stereocenters. The molecule has 1 fully saturated rings. The summed E-state index contributed by atoms with van der Waals surface area (Å²) in [7, 11) is 0. The topological polar surface area (TPSA) is 54.2 Å². The molecule has 1 aromatic heterocycles. The molecule has 0 amide bonds. The first-order valence-corrected chi connectivity index (χ1v) is 5.67. The van der Waals surface area contributed by atoms with Crippen molar-refractivity contribution in [3.63, 3.8) is 0 Å². The smallest absolute Gasteiger partial charge is 0.266 e. The van der Waals surface area contributed by atoms with Gasteiger partial charge in [-0.2, -0.15) is 4.98 Å². The van der Waals surface area contributed by atoms with Crippen LogP contribution >= 0.6 is 0 Å². The molecule has 2 rings (SSSR count). The molecular formula is C10H18N4O. The lowest BCUT2D eigenvalue weighted by Crippen LogP contribution is -2.23. The molecule has 84 valence electrons. The van der Waals surface area contributed by atoms with Crippen LogP contribution < -0.4 is 10.2 Å². The number of nitrogens with zero attached hydrogens (tertiary/aromatic N) is 3. The third-order valence-corrected chi connectivity index (χ3v) is 2.84. The second-order valence-corrected chi connectivity index (χ2v) is 3.75. The standard InChI is InChI=1S/C10H18N4O/c1-3-14(4-2)10-12-9(15-13-10)8-6-5-7-11-8/h8,11H,3-7H2,1-2H3/t8-/m0/s1. The maximum Gasteiger partial charge on any atom is 0.266 e. The van der Waals surface area contributed by atoms with Crippen molar-refractivity contribution in [2.75, 3.05) is 24.5 Å². The molecule has 5 heteroatoms. The highest BCUT2D eigenvalue weighted by Gasteiger charge is 2.23. The van der Waals surface area contributed by atoms with E-state index in [9.17, 15) is 0 Å². The summed E-state index contributed by atoms with van der Waals surface area (Å²) in [5.74, 6) is 1.44. The van der Waals surface area contributed by atoms with Gasteiger partial charge in [0.1, 0.15) is 0 Å². The monoisotopic (exact) mass is 210 g/mol. The number of nitrogens with one attached hydrogen (secondary N) is 1. The minimum absolute atomic E-state index is 0.266. The van der Waals surface area contributed by atoms with Gasteiger partial charge in [-0.25, -0.2) is 0 Å². The average molecular weight is 210 g/mol. The lowest BCUT2D eigenvalue weighted by Gasteiger charge is -2.14. The predicted molar refractivity (Wildman–Crippen MR) is 57.8 cm³/mol. The minimum atomic E-state index is 0.266. The van der Waals surface area contributed by atoms with Gasteiger partial charge in [-0.1, -0.05) is 0 Å². The summed E-state index contributed by atoms with van der Waals surface area (Å²) in [6.07, 6.45) is 2.29. The van der Waals surface area contributed by atoms with E-state index in [0.717, 1.165) is 31.9 Å². The molecule has 1 atom stereocenters. The highest BCUT2D eigenvalue weighted by atomic mass is 16.5. The summed E-state index contributed by atoms with van der Waals surface area (Å²) in [4.78, 5) is 6.51. The molecule has 1 N–H and O–H groups in total. The molecule has 0 saturated carbocycles. The van der Waals surface area contributed by atoms with Crippen molar-refractivity contribution in [3.8, 4) is 0 Å². The normalized spacial score (nSPS) is 20.8. The van der Waals surface area contributed by atoms with Crippen molar-refractivity contribution in [2.45, 2.75) is 32.7 Å². The van der Waals surface area contributed by atoms with Crippen LogP contribution in [0, 0.1) is 0 Å². The SMILES string of the molecule is CCN(CC)c1noc([C@@H]2CCCN2)n1. The van der Waals surface area contributed by atoms with Gasteiger partial charge in [-0.05, 0) is 38.4 Å². The zero-order valence-corrected chi connectivity index (χ0v) is 9.36. The van der Waals surface area contributed by atoms with Gasteiger partial charge in [0, 0.05) is 13.1 Å². The third-order valence-electron chi connectivity index (χ3n) is 2.84. The Kier molecular flexibility index (Phi) is 3.20. The van der Waals surface area contributed by atoms with Crippen molar-refractivity contribution < 1.29 is 4.52 Å². The first kappa shape index (κ1) is 10.4. The van der Waals surface area contributed by atoms with E-state index < -0.39 is 0 Å². The lowest BCUT2D eigenvalue weighted by atomic mass is 10.2. The first-order valence-electron chi connectivity index (χ1n) is 5.67. The van der Waals surface area contributed by atoms with Crippen LogP contribution in [0.5, 0.6) is 0 Å². The third kappa shape index (κ3) is 2.12. The van der Waals surface area contributed by atoms with Crippen LogP contribution in [0.2, 0.25) is 0 Å². The Labute approximate surface area is 89.8 Å². The van der Waals surface area contributed by atoms with E-state index in [2.05, 4.69) is 34.2 Å². The summed E-state index contributed by atoms with van der Waals surface area (Å²) in [6, 6.07) is 0.266. The zero-order valence-electron chi connectivity index (χ0n) is 9.36. The van der Waals surface area contributed by atoms with Crippen LogP contribution in [0.15, 0.2) is 4.52 Å². The number of rotatable bonds is 4. The predicted octanol–water partition coefficient (Wildman–Crippen LogP) is 1.34. The molecule has 0 radical (unpaired) electrons. The van der Waals surface area contributed by atoms with E-state index in [1.165, 1.54) is 6.42 Å². The number of hydrogen-bond acceptors (Lipinski definition) is 5. The minimum Gasteiger partial charge on any atom is -0.339 e. The molecule has 0 bridgehead atoms. The zero-order chi connectivity index (χ0) is 10.7. The molecule has 15 heavy (non-hydrogen) atoms. The Bertz CT molecular complexity index is 286. The summed E-state index contributed by atoms with van der Waals surface area (Å²) >= 11 is 0. The molecule has 1 aromatic rings.